The molecule has 0 radical (unpaired) electrons. The molecule has 0 fully saturated rings. The molecule has 0 spiro atoms. The monoisotopic (exact) mass is 324 g/mol. The Morgan fingerprint density at radius 3 is 2.61 bits per heavy atom. The minimum Gasteiger partial charge on any atom is -0.449 e. The lowest BCUT2D eigenvalue weighted by Crippen LogP contribution is -2.40. The van der Waals surface area contributed by atoms with E-state index in [1.54, 1.807) is 27.7 Å². The number of carbonyl (C=O) groups excluding carboxylic acids is 1. The maximum atomic E-state index is 11.6. The van der Waals surface area contributed by atoms with E-state index in [-0.39, 0.29) is 12.2 Å². The predicted octanol–water partition coefficient (Wildman–Crippen LogP) is 3.00. The van der Waals surface area contributed by atoms with Gasteiger partial charge in [-0.3, -0.25) is 10.1 Å². The number of benzene rings is 1. The number of fused-ring (bicyclic) bond motifs is 1. The first-order valence-corrected chi connectivity index (χ1v) is 7.21. The molecule has 1 heterocycles. The molecular weight excluding hydrogens is 304 g/mol. The Labute approximate surface area is 133 Å². The summed E-state index contributed by atoms with van der Waals surface area (Å²) in [5, 5.41) is 13.4. The molecule has 1 amide bonds. The van der Waals surface area contributed by atoms with Gasteiger partial charge in [-0.05, 0) is 26.8 Å². The normalized spacial score (nSPS) is 19.3. The Morgan fingerprint density at radius 2 is 2.00 bits per heavy atom. The zero-order valence-corrected chi connectivity index (χ0v) is 13.5. The van der Waals surface area contributed by atoms with Crippen molar-refractivity contribution >= 4 is 11.8 Å². The molecule has 1 aromatic rings. The van der Waals surface area contributed by atoms with Crippen molar-refractivity contribution in [2.24, 2.45) is 0 Å². The van der Waals surface area contributed by atoms with Gasteiger partial charge in [-0.25, -0.2) is 4.79 Å². The third kappa shape index (κ3) is 4.48. The number of amides is 1. The quantitative estimate of drug-likeness (QED) is 0.675. The number of ether oxygens (including phenoxy) is 3. The number of nitrogens with zero attached hydrogens (tertiary/aromatic N) is 1. The molecule has 0 saturated carbocycles. The van der Waals surface area contributed by atoms with Crippen LogP contribution in [0.2, 0.25) is 0 Å². The molecule has 126 valence electrons. The van der Waals surface area contributed by atoms with E-state index in [4.69, 9.17) is 14.2 Å². The van der Waals surface area contributed by atoms with Crippen LogP contribution in [0.25, 0.3) is 0 Å². The summed E-state index contributed by atoms with van der Waals surface area (Å²) in [5.74, 6) is -0.235. The molecular formula is C15H20N2O6. The van der Waals surface area contributed by atoms with Gasteiger partial charge in [0.05, 0.1) is 11.0 Å². The van der Waals surface area contributed by atoms with Gasteiger partial charge >= 0.3 is 6.09 Å². The van der Waals surface area contributed by atoms with Gasteiger partial charge in [-0.2, -0.15) is 0 Å². The summed E-state index contributed by atoms with van der Waals surface area (Å²) in [7, 11) is 0. The average molecular weight is 324 g/mol. The lowest BCUT2D eigenvalue weighted by molar-refractivity contribution is -0.384. The molecule has 23 heavy (non-hydrogen) atoms. The summed E-state index contributed by atoms with van der Waals surface area (Å²) in [4.78, 5) is 21.9. The first kappa shape index (κ1) is 16.9. The third-order valence-electron chi connectivity index (χ3n) is 3.04. The van der Waals surface area contributed by atoms with Crippen LogP contribution in [0, 0.1) is 10.1 Å². The first-order chi connectivity index (χ1) is 10.6. The van der Waals surface area contributed by atoms with Crippen molar-refractivity contribution in [3.8, 4) is 11.5 Å². The Hall–Kier alpha value is -2.51. The number of alkyl carbamates (subject to hydrolysis) is 1. The molecule has 0 bridgehead atoms. The van der Waals surface area contributed by atoms with Gasteiger partial charge in [-0.1, -0.05) is 0 Å². The Balaban J connectivity index is 1.90. The third-order valence-corrected chi connectivity index (χ3v) is 3.04. The molecule has 1 unspecified atom stereocenters. The summed E-state index contributed by atoms with van der Waals surface area (Å²) < 4.78 is 16.5. The van der Waals surface area contributed by atoms with Gasteiger partial charge in [0.2, 0.25) is 0 Å². The fraction of sp³-hybridized carbons (Fsp3) is 0.533. The van der Waals surface area contributed by atoms with Crippen LogP contribution in [-0.4, -0.2) is 28.9 Å². The van der Waals surface area contributed by atoms with E-state index in [0.717, 1.165) is 0 Å². The number of rotatable bonds is 4. The maximum absolute atomic E-state index is 11.6. The summed E-state index contributed by atoms with van der Waals surface area (Å²) in [6, 6.07) is 4.18. The van der Waals surface area contributed by atoms with E-state index in [2.05, 4.69) is 5.32 Å². The van der Waals surface area contributed by atoms with Crippen molar-refractivity contribution in [3.05, 3.63) is 28.3 Å². The Bertz CT molecular complexity index is 625. The smallest absolute Gasteiger partial charge is 0.407 e. The highest BCUT2D eigenvalue weighted by Gasteiger charge is 2.37. The summed E-state index contributed by atoms with van der Waals surface area (Å²) >= 11 is 0. The number of carbonyl (C=O) groups is 1. The van der Waals surface area contributed by atoms with Crippen LogP contribution >= 0.6 is 0 Å². The van der Waals surface area contributed by atoms with Crippen LogP contribution in [0.3, 0.4) is 0 Å². The molecule has 2 rings (SSSR count). The van der Waals surface area contributed by atoms with Gasteiger partial charge in [0.25, 0.3) is 11.5 Å². The minimum atomic E-state index is -0.993. The van der Waals surface area contributed by atoms with E-state index < -0.39 is 22.4 Å². The zero-order chi connectivity index (χ0) is 17.3. The molecule has 1 atom stereocenters. The first-order valence-electron chi connectivity index (χ1n) is 7.21. The van der Waals surface area contributed by atoms with Crippen molar-refractivity contribution in [1.29, 1.82) is 0 Å². The van der Waals surface area contributed by atoms with Gasteiger partial charge in [0, 0.05) is 26.0 Å². The fourth-order valence-electron chi connectivity index (χ4n) is 2.07. The number of hydrogen-bond acceptors (Lipinski definition) is 6. The largest absolute Gasteiger partial charge is 0.449 e. The predicted molar refractivity (Wildman–Crippen MR) is 81.6 cm³/mol. The van der Waals surface area contributed by atoms with Crippen LogP contribution in [0.15, 0.2) is 18.2 Å². The molecule has 8 heteroatoms. The van der Waals surface area contributed by atoms with Gasteiger partial charge in [0.1, 0.15) is 5.60 Å². The van der Waals surface area contributed by atoms with E-state index in [1.807, 2.05) is 0 Å². The molecule has 8 nitrogen and oxygen atoms in total. The van der Waals surface area contributed by atoms with Crippen molar-refractivity contribution in [2.75, 3.05) is 6.54 Å². The van der Waals surface area contributed by atoms with Crippen LogP contribution in [0.4, 0.5) is 10.5 Å². The van der Waals surface area contributed by atoms with Gasteiger partial charge < -0.3 is 19.5 Å². The molecule has 1 N–H and O–H groups in total. The van der Waals surface area contributed by atoms with Crippen molar-refractivity contribution in [3.63, 3.8) is 0 Å². The molecule has 0 aliphatic carbocycles. The van der Waals surface area contributed by atoms with Crippen LogP contribution in [0.5, 0.6) is 11.5 Å². The van der Waals surface area contributed by atoms with E-state index >= 15 is 0 Å². The van der Waals surface area contributed by atoms with Crippen molar-refractivity contribution in [1.82, 2.24) is 5.32 Å². The van der Waals surface area contributed by atoms with E-state index in [0.29, 0.717) is 17.9 Å². The highest BCUT2D eigenvalue weighted by Crippen LogP contribution is 2.42. The number of non-ortho nitro benzene ring substituents is 1. The summed E-state index contributed by atoms with van der Waals surface area (Å²) in [6.07, 6.45) is -0.165. The molecule has 1 aliphatic heterocycles. The average Bonchev–Trinajstić information content (AvgIpc) is 2.71. The second kappa shape index (κ2) is 5.94. The van der Waals surface area contributed by atoms with E-state index in [9.17, 15) is 14.9 Å². The number of nitrogens with one attached hydrogen (secondary N) is 1. The Morgan fingerprint density at radius 1 is 1.35 bits per heavy atom. The standard InChI is InChI=1S/C15H20N2O6/c1-14(2,3)23-13(18)16-8-7-15(4)21-11-6-5-10(17(19)20)9-12(11)22-15/h5-6,9H,7-8H2,1-4H3,(H,16,18). The molecule has 0 aromatic heterocycles. The number of nitro benzene ring substituents is 1. The van der Waals surface area contributed by atoms with Crippen molar-refractivity contribution < 1.29 is 23.9 Å². The lowest BCUT2D eigenvalue weighted by Gasteiger charge is -2.24. The highest BCUT2D eigenvalue weighted by atomic mass is 16.7. The molecule has 1 aromatic carbocycles. The van der Waals surface area contributed by atoms with Crippen LogP contribution in [0.1, 0.15) is 34.1 Å². The second-order valence-electron chi connectivity index (χ2n) is 6.40. The SMILES string of the molecule is CC(C)(C)OC(=O)NCCC1(C)Oc2ccc([N+](=O)[O-])cc2O1. The summed E-state index contributed by atoms with van der Waals surface area (Å²) in [6.45, 7) is 7.32. The van der Waals surface area contributed by atoms with Gasteiger partial charge in [0.15, 0.2) is 11.5 Å². The zero-order valence-electron chi connectivity index (χ0n) is 13.5. The fourth-order valence-corrected chi connectivity index (χ4v) is 2.07. The maximum Gasteiger partial charge on any atom is 0.407 e. The van der Waals surface area contributed by atoms with Crippen molar-refractivity contribution in [2.45, 2.75) is 45.5 Å². The second-order valence-corrected chi connectivity index (χ2v) is 6.40. The number of hydrogen-bond donors (Lipinski definition) is 1. The van der Waals surface area contributed by atoms with Crippen LogP contribution in [-0.2, 0) is 4.74 Å². The topological polar surface area (TPSA) is 99.9 Å². The number of nitro groups is 1. The molecule has 0 saturated heterocycles. The van der Waals surface area contributed by atoms with E-state index in [1.165, 1.54) is 18.2 Å². The lowest BCUT2D eigenvalue weighted by atomic mass is 10.2. The summed E-state index contributed by atoms with van der Waals surface area (Å²) in [5.41, 5.74) is -0.632. The minimum absolute atomic E-state index is 0.0662. The van der Waals surface area contributed by atoms with Crippen LogP contribution < -0.4 is 14.8 Å². The Kier molecular flexibility index (Phi) is 4.35. The molecule has 1 aliphatic rings. The highest BCUT2D eigenvalue weighted by molar-refractivity contribution is 5.67. The van der Waals surface area contributed by atoms with Gasteiger partial charge in [-0.15, -0.1) is 0 Å².